The van der Waals surface area contributed by atoms with E-state index in [1.165, 1.54) is 47.8 Å². The van der Waals surface area contributed by atoms with Gasteiger partial charge in [-0.15, -0.1) is 0 Å². The van der Waals surface area contributed by atoms with Crippen LogP contribution in [0, 0.1) is 0 Å². The molecule has 3 aromatic carbocycles. The second kappa shape index (κ2) is 12.4. The predicted octanol–water partition coefficient (Wildman–Crippen LogP) is 4.85. The number of carboxylic acid groups (broad SMARTS) is 1. The van der Waals surface area contributed by atoms with E-state index in [0.717, 1.165) is 19.3 Å². The molecule has 3 rings (SSSR count). The summed E-state index contributed by atoms with van der Waals surface area (Å²) in [4.78, 5) is 10.5. The van der Waals surface area contributed by atoms with Crippen molar-refractivity contribution in [3.8, 4) is 0 Å². The van der Waals surface area contributed by atoms with Gasteiger partial charge in [-0.3, -0.25) is 0 Å². The number of carbonyl (C=O) groups excluding carboxylic acids is 1. The van der Waals surface area contributed by atoms with Gasteiger partial charge in [0.15, 0.2) is 0 Å². The largest absolute Gasteiger partial charge is 0.550 e. The number of hydrogen-bond acceptors (Lipinski definition) is 2. The lowest BCUT2D eigenvalue weighted by Crippen LogP contribution is -2.33. The molecule has 0 fully saturated rings. The van der Waals surface area contributed by atoms with E-state index >= 15 is 0 Å². The Labute approximate surface area is 187 Å². The molecular formula is C28H33O2P. The molecular weight excluding hydrogens is 399 g/mol. The first-order valence-corrected chi connectivity index (χ1v) is 13.5. The first-order chi connectivity index (χ1) is 15.2. The molecule has 31 heavy (non-hydrogen) atoms. The van der Waals surface area contributed by atoms with Crippen LogP contribution in [0.2, 0.25) is 0 Å². The molecule has 3 aromatic rings. The maximum Gasteiger partial charge on any atom is 0.112 e. The molecule has 0 atom stereocenters. The van der Waals surface area contributed by atoms with Gasteiger partial charge in [0.25, 0.3) is 0 Å². The highest BCUT2D eigenvalue weighted by Crippen LogP contribution is 2.55. The van der Waals surface area contributed by atoms with Gasteiger partial charge in [-0.2, -0.15) is 0 Å². The molecule has 0 saturated carbocycles. The third-order valence-corrected chi connectivity index (χ3v) is 10.5. The van der Waals surface area contributed by atoms with Crippen molar-refractivity contribution in [3.05, 3.63) is 91.0 Å². The Kier molecular flexibility index (Phi) is 9.31. The van der Waals surface area contributed by atoms with E-state index in [4.69, 9.17) is 0 Å². The van der Waals surface area contributed by atoms with E-state index in [1.54, 1.807) is 0 Å². The average molecular weight is 433 g/mol. The van der Waals surface area contributed by atoms with Gasteiger partial charge >= 0.3 is 0 Å². The standard InChI is InChI=1S/C28H33O2P/c29-28(30)23-15-4-2-1-3-5-16-24-31(25-17-9-6-10-18-25,26-19-11-7-12-20-26)27-21-13-8-14-22-27/h6-14,17-22H,1-5,15-16,23-24H2. The average Bonchev–Trinajstić information content (AvgIpc) is 2.82. The number of hydrogen-bond donors (Lipinski definition) is 0. The molecule has 0 N–H and O–H groups in total. The zero-order chi connectivity index (χ0) is 21.8. The van der Waals surface area contributed by atoms with Gasteiger partial charge in [-0.05, 0) is 62.1 Å². The van der Waals surface area contributed by atoms with Gasteiger partial charge in [-0.25, -0.2) is 0 Å². The fourth-order valence-electron chi connectivity index (χ4n) is 4.38. The number of benzene rings is 3. The van der Waals surface area contributed by atoms with Crippen molar-refractivity contribution < 1.29 is 9.90 Å². The number of aliphatic carboxylic acids is 1. The second-order valence-corrected chi connectivity index (χ2v) is 11.8. The summed E-state index contributed by atoms with van der Waals surface area (Å²) >= 11 is 0. The van der Waals surface area contributed by atoms with Crippen molar-refractivity contribution in [3.63, 3.8) is 0 Å². The molecule has 0 saturated heterocycles. The van der Waals surface area contributed by atoms with Crippen LogP contribution in [0.3, 0.4) is 0 Å². The smallest absolute Gasteiger partial charge is 0.112 e. The van der Waals surface area contributed by atoms with E-state index in [2.05, 4.69) is 91.0 Å². The van der Waals surface area contributed by atoms with Crippen LogP contribution in [-0.4, -0.2) is 12.1 Å². The summed E-state index contributed by atoms with van der Waals surface area (Å²) in [5, 5.41) is 14.9. The summed E-state index contributed by atoms with van der Waals surface area (Å²) < 4.78 is 0. The topological polar surface area (TPSA) is 40.1 Å². The van der Waals surface area contributed by atoms with Crippen LogP contribution >= 0.6 is 7.26 Å². The van der Waals surface area contributed by atoms with Crippen LogP contribution in [0.5, 0.6) is 0 Å². The van der Waals surface area contributed by atoms with Crippen molar-refractivity contribution in [2.24, 2.45) is 0 Å². The molecule has 162 valence electrons. The summed E-state index contributed by atoms with van der Waals surface area (Å²) in [5.74, 6) is -0.928. The highest BCUT2D eigenvalue weighted by molar-refractivity contribution is 7.95. The lowest BCUT2D eigenvalue weighted by Gasteiger charge is -2.27. The van der Waals surface area contributed by atoms with Crippen molar-refractivity contribution in [2.45, 2.75) is 51.4 Å². The Morgan fingerprint density at radius 1 is 0.548 bits per heavy atom. The van der Waals surface area contributed by atoms with Crippen LogP contribution < -0.4 is 21.0 Å². The van der Waals surface area contributed by atoms with Gasteiger partial charge in [0, 0.05) is 5.97 Å². The number of rotatable bonds is 13. The zero-order valence-electron chi connectivity index (χ0n) is 18.3. The molecule has 2 nitrogen and oxygen atoms in total. The Hall–Kier alpha value is -2.44. The van der Waals surface area contributed by atoms with Gasteiger partial charge in [0.2, 0.25) is 0 Å². The fourth-order valence-corrected chi connectivity index (χ4v) is 8.79. The molecule has 0 aliphatic rings. The SMILES string of the molecule is O=C([O-])CCCCCCCCC[P+](c1ccccc1)(c1ccccc1)c1ccccc1. The molecule has 3 heteroatoms. The normalized spacial score (nSPS) is 11.4. The molecule has 0 aliphatic carbocycles. The highest BCUT2D eigenvalue weighted by Gasteiger charge is 2.44. The zero-order valence-corrected chi connectivity index (χ0v) is 19.2. The summed E-state index contributed by atoms with van der Waals surface area (Å²) in [5.41, 5.74) is 0. The lowest BCUT2D eigenvalue weighted by molar-refractivity contribution is -0.305. The number of carbonyl (C=O) groups is 1. The molecule has 0 spiro atoms. The predicted molar refractivity (Wildman–Crippen MR) is 132 cm³/mol. The minimum Gasteiger partial charge on any atom is -0.550 e. The summed E-state index contributed by atoms with van der Waals surface area (Å²) in [6.45, 7) is 0. The van der Waals surface area contributed by atoms with Gasteiger partial charge in [0.1, 0.15) is 23.2 Å². The molecule has 0 unspecified atom stereocenters. The van der Waals surface area contributed by atoms with Crippen molar-refractivity contribution in [1.29, 1.82) is 0 Å². The van der Waals surface area contributed by atoms with Crippen molar-refractivity contribution in [1.82, 2.24) is 0 Å². The molecule has 0 heterocycles. The van der Waals surface area contributed by atoms with Crippen LogP contribution in [0.1, 0.15) is 51.4 Å². The Bertz CT molecular complexity index is 797. The third-order valence-electron chi connectivity index (χ3n) is 5.97. The van der Waals surface area contributed by atoms with Crippen LogP contribution in [0.4, 0.5) is 0 Å². The monoisotopic (exact) mass is 432 g/mol. The summed E-state index contributed by atoms with van der Waals surface area (Å²) in [6.07, 6.45) is 9.03. The Morgan fingerprint density at radius 3 is 1.29 bits per heavy atom. The highest BCUT2D eigenvalue weighted by atomic mass is 31.2. The minimum atomic E-state index is -1.70. The quantitative estimate of drug-likeness (QED) is 0.286. The van der Waals surface area contributed by atoms with Gasteiger partial charge in [-0.1, -0.05) is 80.3 Å². The van der Waals surface area contributed by atoms with E-state index in [1.807, 2.05) is 0 Å². The minimum absolute atomic E-state index is 0.193. The lowest BCUT2D eigenvalue weighted by atomic mass is 10.1. The van der Waals surface area contributed by atoms with Crippen molar-refractivity contribution >= 4 is 29.1 Å². The molecule has 0 bridgehead atoms. The fraction of sp³-hybridized carbons (Fsp3) is 0.321. The van der Waals surface area contributed by atoms with Crippen molar-refractivity contribution in [2.75, 3.05) is 6.16 Å². The maximum absolute atomic E-state index is 10.5. The number of unbranched alkanes of at least 4 members (excludes halogenated alkanes) is 6. The Balaban J connectivity index is 1.72. The first-order valence-electron chi connectivity index (χ1n) is 11.5. The van der Waals surface area contributed by atoms with E-state index in [0.29, 0.717) is 0 Å². The van der Waals surface area contributed by atoms with E-state index < -0.39 is 13.2 Å². The molecule has 0 aromatic heterocycles. The van der Waals surface area contributed by atoms with Crippen LogP contribution in [0.15, 0.2) is 91.0 Å². The molecule has 0 radical (unpaired) electrons. The number of carboxylic acids is 1. The summed E-state index contributed by atoms with van der Waals surface area (Å²) in [7, 11) is -1.70. The van der Waals surface area contributed by atoms with Crippen LogP contribution in [-0.2, 0) is 4.79 Å². The van der Waals surface area contributed by atoms with Gasteiger partial charge < -0.3 is 9.90 Å². The molecule has 0 amide bonds. The second-order valence-electron chi connectivity index (χ2n) is 8.14. The maximum atomic E-state index is 10.5. The summed E-state index contributed by atoms with van der Waals surface area (Å²) in [6, 6.07) is 33.2. The van der Waals surface area contributed by atoms with E-state index in [9.17, 15) is 9.90 Å². The molecule has 0 aliphatic heterocycles. The van der Waals surface area contributed by atoms with Crippen LogP contribution in [0.25, 0.3) is 0 Å². The Morgan fingerprint density at radius 2 is 0.903 bits per heavy atom. The third kappa shape index (κ3) is 6.52. The van der Waals surface area contributed by atoms with E-state index in [-0.39, 0.29) is 6.42 Å². The van der Waals surface area contributed by atoms with Gasteiger partial charge in [0.05, 0.1) is 6.16 Å². The first kappa shape index (κ1) is 23.2.